The van der Waals surface area contributed by atoms with Crippen molar-refractivity contribution >= 4 is 36.0 Å². The van der Waals surface area contributed by atoms with Crippen molar-refractivity contribution in [3.63, 3.8) is 0 Å². The zero-order chi connectivity index (χ0) is 14.6. The van der Waals surface area contributed by atoms with Crippen LogP contribution in [0.2, 0.25) is 0 Å². The molecule has 0 bridgehead atoms. The predicted molar refractivity (Wildman–Crippen MR) is 69.2 cm³/mol. The summed E-state index contributed by atoms with van der Waals surface area (Å²) in [5.74, 6) is -1.67. The Hall–Kier alpha value is 0.346. The van der Waals surface area contributed by atoms with Gasteiger partial charge in [-0.1, -0.05) is 23.9 Å². The normalized spacial score (nSPS) is 13.2. The molecule has 0 spiro atoms. The maximum atomic E-state index is 10.9. The smallest absolute Gasteiger partial charge is 0.545 e. The Morgan fingerprint density at radius 1 is 1.45 bits per heavy atom. The summed E-state index contributed by atoms with van der Waals surface area (Å²) in [6.07, 6.45) is -1.25. The molecule has 0 saturated heterocycles. The summed E-state index contributed by atoms with van der Waals surface area (Å²) in [5, 5.41) is 40.7. The number of hydrogen-bond acceptors (Lipinski definition) is 8. The topological polar surface area (TPSA) is 124 Å². The Morgan fingerprint density at radius 2 is 2.05 bits per heavy atom. The van der Waals surface area contributed by atoms with Crippen LogP contribution in [0, 0.1) is 10.1 Å². The van der Waals surface area contributed by atoms with Gasteiger partial charge in [-0.25, -0.2) is 0 Å². The van der Waals surface area contributed by atoms with Crippen LogP contribution in [0.3, 0.4) is 0 Å². The average molecular weight is 343 g/mol. The first-order valence-electron chi connectivity index (χ1n) is 5.01. The average Bonchev–Trinajstić information content (AvgIpc) is 2.37. The molecule has 0 aromatic heterocycles. The summed E-state index contributed by atoms with van der Waals surface area (Å²) in [4.78, 5) is 20.7. The van der Waals surface area contributed by atoms with Gasteiger partial charge < -0.3 is 20.1 Å². The van der Waals surface area contributed by atoms with E-state index in [0.29, 0.717) is 11.8 Å². The zero-order valence-electron chi connectivity index (χ0n) is 10.4. The third-order valence-electron chi connectivity index (χ3n) is 2.17. The van der Waals surface area contributed by atoms with Crippen molar-refractivity contribution in [3.05, 3.63) is 33.9 Å². The van der Waals surface area contributed by atoms with E-state index in [4.69, 9.17) is 0 Å². The van der Waals surface area contributed by atoms with Crippen molar-refractivity contribution in [1.29, 1.82) is 0 Å². The molecule has 0 radical (unpaired) electrons. The number of nitro benzene ring substituents is 1. The van der Waals surface area contributed by atoms with Crippen molar-refractivity contribution in [1.82, 2.24) is 0 Å². The molecule has 2 atom stereocenters. The Kier molecular flexibility index (Phi) is 9.54. The summed E-state index contributed by atoms with van der Waals surface area (Å²) >= 11 is 4.25. The number of aliphatic hydroxyl groups is 2. The van der Waals surface area contributed by atoms with Gasteiger partial charge in [-0.05, 0) is 0 Å². The number of thioether (sulfide) groups is 1. The SMILES string of the molecule is O=C([O-])c1cccc([N+](=O)[O-])c1SC(O)C(O)CS.[K+]. The summed E-state index contributed by atoms with van der Waals surface area (Å²) in [5.41, 5.74) is -2.32. The Balaban J connectivity index is 0.00000361. The fourth-order valence-corrected chi connectivity index (χ4v) is 2.62. The van der Waals surface area contributed by atoms with Gasteiger partial charge in [0.05, 0.1) is 21.9 Å². The second kappa shape index (κ2) is 9.38. The monoisotopic (exact) mass is 343 g/mol. The third kappa shape index (κ3) is 5.28. The summed E-state index contributed by atoms with van der Waals surface area (Å²) in [6.45, 7) is 0. The first-order valence-corrected chi connectivity index (χ1v) is 6.52. The van der Waals surface area contributed by atoms with Crippen LogP contribution in [-0.2, 0) is 0 Å². The van der Waals surface area contributed by atoms with Crippen molar-refractivity contribution in [2.45, 2.75) is 16.4 Å². The molecule has 0 aliphatic rings. The van der Waals surface area contributed by atoms with Crippen LogP contribution in [0.15, 0.2) is 23.1 Å². The molecule has 1 aromatic carbocycles. The van der Waals surface area contributed by atoms with Crippen molar-refractivity contribution in [2.24, 2.45) is 0 Å². The Morgan fingerprint density at radius 3 is 2.50 bits per heavy atom. The fraction of sp³-hybridized carbons (Fsp3) is 0.300. The minimum absolute atomic E-state index is 0. The number of carboxylic acid groups (broad SMARTS) is 1. The van der Waals surface area contributed by atoms with E-state index in [1.165, 1.54) is 6.07 Å². The van der Waals surface area contributed by atoms with Crippen LogP contribution in [0.4, 0.5) is 5.69 Å². The van der Waals surface area contributed by atoms with Crippen LogP contribution in [0.25, 0.3) is 0 Å². The molecule has 104 valence electrons. The first-order chi connectivity index (χ1) is 8.88. The van der Waals surface area contributed by atoms with Crippen LogP contribution in [0.5, 0.6) is 0 Å². The summed E-state index contributed by atoms with van der Waals surface area (Å²) in [6, 6.07) is 3.44. The fourth-order valence-electron chi connectivity index (χ4n) is 1.24. The number of aliphatic hydroxyl groups excluding tert-OH is 2. The summed E-state index contributed by atoms with van der Waals surface area (Å²) in [7, 11) is 0. The van der Waals surface area contributed by atoms with E-state index in [0.717, 1.165) is 12.1 Å². The van der Waals surface area contributed by atoms with E-state index in [-0.39, 0.29) is 62.0 Å². The zero-order valence-corrected chi connectivity index (χ0v) is 15.3. The van der Waals surface area contributed by atoms with E-state index < -0.39 is 33.7 Å². The molecule has 2 unspecified atom stereocenters. The molecule has 0 fully saturated rings. The molecular weight excluding hydrogens is 333 g/mol. The van der Waals surface area contributed by atoms with Gasteiger partial charge in [0.15, 0.2) is 0 Å². The minimum Gasteiger partial charge on any atom is -0.545 e. The molecule has 2 N–H and O–H groups in total. The van der Waals surface area contributed by atoms with E-state index in [9.17, 15) is 30.2 Å². The molecule has 0 amide bonds. The molecule has 0 heterocycles. The standard InChI is InChI=1S/C10H11NO6S2.K/c12-7(4-18)10(15)19-8-5(9(13)14)2-1-3-6(8)11(16)17;/h1-3,7,10,12,15,18H,4H2,(H,13,14);/q;+1/p-1. The number of benzene rings is 1. The molecule has 0 saturated carbocycles. The van der Waals surface area contributed by atoms with Gasteiger partial charge >= 0.3 is 51.4 Å². The van der Waals surface area contributed by atoms with Crippen LogP contribution in [0.1, 0.15) is 10.4 Å². The second-order valence-corrected chi connectivity index (χ2v) is 4.95. The largest absolute Gasteiger partial charge is 1.00 e. The number of carboxylic acids is 1. The molecule has 0 aliphatic carbocycles. The number of thiol groups is 1. The van der Waals surface area contributed by atoms with E-state index in [1.807, 2.05) is 0 Å². The van der Waals surface area contributed by atoms with Gasteiger partial charge in [-0.3, -0.25) is 10.1 Å². The number of rotatable bonds is 6. The van der Waals surface area contributed by atoms with Crippen LogP contribution >= 0.6 is 24.4 Å². The number of nitrogens with zero attached hydrogens (tertiary/aromatic N) is 1. The van der Waals surface area contributed by atoms with Gasteiger partial charge in [-0.15, -0.1) is 0 Å². The third-order valence-corrected chi connectivity index (χ3v) is 3.76. The number of aromatic carboxylic acids is 1. The first kappa shape index (κ1) is 20.3. The van der Waals surface area contributed by atoms with Gasteiger partial charge in [0.2, 0.25) is 0 Å². The van der Waals surface area contributed by atoms with Gasteiger partial charge in [0.25, 0.3) is 5.69 Å². The van der Waals surface area contributed by atoms with E-state index in [1.54, 1.807) is 0 Å². The molecule has 1 rings (SSSR count). The van der Waals surface area contributed by atoms with Crippen molar-refractivity contribution in [3.8, 4) is 0 Å². The number of carbonyl (C=O) groups is 1. The van der Waals surface area contributed by atoms with Crippen LogP contribution < -0.4 is 56.5 Å². The number of nitro groups is 1. The van der Waals surface area contributed by atoms with Gasteiger partial charge in [0.1, 0.15) is 5.44 Å². The van der Waals surface area contributed by atoms with E-state index in [2.05, 4.69) is 12.6 Å². The molecule has 10 heteroatoms. The van der Waals surface area contributed by atoms with E-state index >= 15 is 0 Å². The second-order valence-electron chi connectivity index (χ2n) is 3.46. The number of hydrogen-bond donors (Lipinski definition) is 3. The quantitative estimate of drug-likeness (QED) is 0.123. The maximum absolute atomic E-state index is 10.9. The van der Waals surface area contributed by atoms with Gasteiger partial charge in [0, 0.05) is 17.4 Å². The molecule has 20 heavy (non-hydrogen) atoms. The number of carbonyl (C=O) groups excluding carboxylic acids is 1. The van der Waals surface area contributed by atoms with Crippen molar-refractivity contribution in [2.75, 3.05) is 5.75 Å². The van der Waals surface area contributed by atoms with Crippen LogP contribution in [-0.4, -0.2) is 38.4 Å². The maximum Gasteiger partial charge on any atom is 1.00 e. The van der Waals surface area contributed by atoms with Crippen molar-refractivity contribution < 1.29 is 76.4 Å². The predicted octanol–water partition coefficient (Wildman–Crippen LogP) is -3.34. The minimum atomic E-state index is -1.60. The molecule has 1 aromatic rings. The summed E-state index contributed by atoms with van der Waals surface area (Å²) < 4.78 is 0. The molecular formula is C10H10KNO6S2. The molecule has 0 aliphatic heterocycles. The molecule has 7 nitrogen and oxygen atoms in total. The Bertz CT molecular complexity index is 468. The Labute approximate surface area is 166 Å². The van der Waals surface area contributed by atoms with Gasteiger partial charge in [-0.2, -0.15) is 12.6 Å².